The van der Waals surface area contributed by atoms with E-state index in [2.05, 4.69) is 74.6 Å². The van der Waals surface area contributed by atoms with E-state index >= 15 is 0 Å². The number of allylic oxidation sites excluding steroid dienone is 10. The maximum absolute atomic E-state index is 13.0. The van der Waals surface area contributed by atoms with Gasteiger partial charge in [-0.25, -0.2) is 0 Å². The number of carbonyl (C=O) groups is 1. The van der Waals surface area contributed by atoms with Crippen molar-refractivity contribution in [3.8, 4) is 0 Å². The summed E-state index contributed by atoms with van der Waals surface area (Å²) < 4.78 is 34.3. The van der Waals surface area contributed by atoms with E-state index in [-0.39, 0.29) is 25.6 Å². The van der Waals surface area contributed by atoms with Gasteiger partial charge < -0.3 is 64.2 Å². The van der Waals surface area contributed by atoms with E-state index in [1.807, 2.05) is 0 Å². The van der Waals surface area contributed by atoms with Crippen molar-refractivity contribution in [3.05, 3.63) is 60.8 Å². The summed E-state index contributed by atoms with van der Waals surface area (Å²) in [4.78, 5) is 13.0. The van der Waals surface area contributed by atoms with Gasteiger partial charge in [0.15, 0.2) is 12.6 Å². The van der Waals surface area contributed by atoms with Crippen LogP contribution in [0.15, 0.2) is 60.8 Å². The first kappa shape index (κ1) is 63.8. The fourth-order valence-corrected chi connectivity index (χ4v) is 8.33. The highest BCUT2D eigenvalue weighted by Crippen LogP contribution is 2.26. The minimum atomic E-state index is -1.71. The smallest absolute Gasteiger partial charge is 0.306 e. The first-order valence-electron chi connectivity index (χ1n) is 27.4. The molecule has 2 saturated heterocycles. The van der Waals surface area contributed by atoms with Crippen LogP contribution in [0.4, 0.5) is 0 Å². The summed E-state index contributed by atoms with van der Waals surface area (Å²) >= 11 is 0. The normalized spacial score (nSPS) is 26.0. The summed E-state index contributed by atoms with van der Waals surface area (Å²) in [6.45, 7) is 3.54. The number of hydrogen-bond acceptors (Lipinski definition) is 14. The third-order valence-electron chi connectivity index (χ3n) is 12.8. The SMILES string of the molecule is CC/C=C\C/C=C\C/C=C\C/C=C\CCCCCCCCCOCC(COC1OC(COC2OC(CO)C(O)C(O)C2O)C(O)C(O)C1O)OC(=O)CCCCCCC/C=C\CCCCCCCCC. The molecule has 2 heterocycles. The highest BCUT2D eigenvalue weighted by Gasteiger charge is 2.47. The minimum absolute atomic E-state index is 0.0488. The zero-order chi connectivity index (χ0) is 50.9. The molecule has 14 nitrogen and oxygen atoms in total. The summed E-state index contributed by atoms with van der Waals surface area (Å²) in [6, 6.07) is 0. The van der Waals surface area contributed by atoms with Crippen LogP contribution in [0.2, 0.25) is 0 Å². The Hall–Kier alpha value is -2.31. The van der Waals surface area contributed by atoms with Crippen molar-refractivity contribution in [3.63, 3.8) is 0 Å². The Morgan fingerprint density at radius 2 is 0.929 bits per heavy atom. The van der Waals surface area contributed by atoms with Crippen LogP contribution in [0.5, 0.6) is 0 Å². The van der Waals surface area contributed by atoms with Crippen molar-refractivity contribution in [2.45, 2.75) is 255 Å². The van der Waals surface area contributed by atoms with Gasteiger partial charge in [0, 0.05) is 13.0 Å². The Bertz CT molecular complexity index is 1390. The van der Waals surface area contributed by atoms with Crippen molar-refractivity contribution >= 4 is 5.97 Å². The molecule has 0 bridgehead atoms. The predicted molar refractivity (Wildman–Crippen MR) is 275 cm³/mol. The molecule has 2 rings (SSSR count). The number of rotatable bonds is 43. The van der Waals surface area contributed by atoms with E-state index in [4.69, 9.17) is 28.4 Å². The van der Waals surface area contributed by atoms with Crippen molar-refractivity contribution in [2.24, 2.45) is 0 Å². The van der Waals surface area contributed by atoms with E-state index in [9.17, 15) is 40.5 Å². The summed E-state index contributed by atoms with van der Waals surface area (Å²) in [7, 11) is 0. The van der Waals surface area contributed by atoms with E-state index in [0.717, 1.165) is 96.3 Å². The Balaban J connectivity index is 1.75. The predicted octanol–water partition coefficient (Wildman–Crippen LogP) is 8.91. The average molecular weight is 995 g/mol. The molecule has 14 heteroatoms. The second kappa shape index (κ2) is 43.1. The molecule has 0 amide bonds. The van der Waals surface area contributed by atoms with E-state index in [0.29, 0.717) is 13.0 Å². The van der Waals surface area contributed by atoms with Gasteiger partial charge in [-0.3, -0.25) is 4.79 Å². The number of aliphatic hydroxyl groups excluding tert-OH is 7. The second-order valence-electron chi connectivity index (χ2n) is 19.0. The van der Waals surface area contributed by atoms with Crippen molar-refractivity contribution in [1.29, 1.82) is 0 Å². The highest BCUT2D eigenvalue weighted by atomic mass is 16.7. The molecule has 11 atom stereocenters. The fourth-order valence-electron chi connectivity index (χ4n) is 8.33. The van der Waals surface area contributed by atoms with Crippen LogP contribution in [0, 0.1) is 0 Å². The summed E-state index contributed by atoms with van der Waals surface area (Å²) in [5.41, 5.74) is 0. The summed E-state index contributed by atoms with van der Waals surface area (Å²) in [6.07, 6.45) is 35.6. The number of unbranched alkanes of at least 4 members (excludes halogenated alkanes) is 19. The third-order valence-corrected chi connectivity index (χ3v) is 12.8. The maximum atomic E-state index is 13.0. The Kier molecular flexibility index (Phi) is 39.3. The van der Waals surface area contributed by atoms with Crippen LogP contribution in [0.1, 0.15) is 187 Å². The Morgan fingerprint density at radius 1 is 0.486 bits per heavy atom. The van der Waals surface area contributed by atoms with Crippen LogP contribution < -0.4 is 0 Å². The van der Waals surface area contributed by atoms with Crippen molar-refractivity contribution in [1.82, 2.24) is 0 Å². The number of carbonyl (C=O) groups excluding carboxylic acids is 1. The second-order valence-corrected chi connectivity index (χ2v) is 19.0. The van der Waals surface area contributed by atoms with E-state index in [1.165, 1.54) is 64.2 Å². The number of ether oxygens (including phenoxy) is 6. The zero-order valence-electron chi connectivity index (χ0n) is 43.2. The highest BCUT2D eigenvalue weighted by molar-refractivity contribution is 5.69. The van der Waals surface area contributed by atoms with Gasteiger partial charge in [-0.2, -0.15) is 0 Å². The number of esters is 1. The standard InChI is InChI=1S/C56H98O14/c1-3-5-7-9-11-13-15-17-19-21-22-23-24-26-28-30-32-34-36-38-40-65-42-45(68-48(58)39-37-35-33-31-29-27-25-20-18-16-14-12-10-8-6-4-2)43-66-55-54(64)52(62)50(60)47(70-55)44-67-56-53(63)51(61)49(59)46(41-57)69-56/h5,7,11,13,17,19-20,22-23,25,45-47,49-57,59-64H,3-4,6,8-10,12,14-16,18,21,24,26-44H2,1-2H3/b7-5-,13-11-,19-17-,23-22-,25-20-. The molecule has 0 aromatic heterocycles. The molecule has 11 unspecified atom stereocenters. The van der Waals surface area contributed by atoms with E-state index in [1.54, 1.807) is 0 Å². The minimum Gasteiger partial charge on any atom is -0.457 e. The molecular formula is C56H98O14. The maximum Gasteiger partial charge on any atom is 0.306 e. The average Bonchev–Trinajstić information content (AvgIpc) is 3.36. The molecule has 2 aliphatic rings. The lowest BCUT2D eigenvalue weighted by Gasteiger charge is -2.42. The van der Waals surface area contributed by atoms with Gasteiger partial charge in [-0.1, -0.05) is 164 Å². The first-order valence-corrected chi connectivity index (χ1v) is 27.4. The van der Waals surface area contributed by atoms with Gasteiger partial charge in [-0.05, 0) is 77.0 Å². The number of aliphatic hydroxyl groups is 7. The van der Waals surface area contributed by atoms with Gasteiger partial charge in [0.25, 0.3) is 0 Å². The molecule has 0 saturated carbocycles. The van der Waals surface area contributed by atoms with Crippen LogP contribution in [-0.2, 0) is 33.2 Å². The lowest BCUT2D eigenvalue weighted by atomic mass is 9.98. The molecule has 2 fully saturated rings. The molecule has 0 radical (unpaired) electrons. The van der Waals surface area contributed by atoms with Gasteiger partial charge in [0.2, 0.25) is 0 Å². The van der Waals surface area contributed by atoms with Crippen LogP contribution >= 0.6 is 0 Å². The zero-order valence-corrected chi connectivity index (χ0v) is 43.2. The molecule has 0 aromatic carbocycles. The fraction of sp³-hybridized carbons (Fsp3) is 0.804. The molecule has 0 spiro atoms. The number of hydrogen-bond donors (Lipinski definition) is 7. The third kappa shape index (κ3) is 30.0. The van der Waals surface area contributed by atoms with Crippen molar-refractivity contribution in [2.75, 3.05) is 33.0 Å². The molecule has 0 aromatic rings. The Morgan fingerprint density at radius 3 is 1.47 bits per heavy atom. The first-order chi connectivity index (χ1) is 34.1. The van der Waals surface area contributed by atoms with Gasteiger partial charge in [-0.15, -0.1) is 0 Å². The Labute approximate surface area is 422 Å². The molecule has 2 aliphatic heterocycles. The largest absolute Gasteiger partial charge is 0.457 e. The molecule has 406 valence electrons. The van der Waals surface area contributed by atoms with Gasteiger partial charge in [0.05, 0.1) is 26.4 Å². The molecule has 0 aliphatic carbocycles. The van der Waals surface area contributed by atoms with Crippen LogP contribution in [-0.4, -0.2) is 142 Å². The monoisotopic (exact) mass is 995 g/mol. The van der Waals surface area contributed by atoms with Gasteiger partial charge >= 0.3 is 5.97 Å². The lowest BCUT2D eigenvalue weighted by molar-refractivity contribution is -0.332. The lowest BCUT2D eigenvalue weighted by Crippen LogP contribution is -2.61. The topological polar surface area (TPSA) is 214 Å². The summed E-state index contributed by atoms with van der Waals surface area (Å²) in [5.74, 6) is -0.390. The summed E-state index contributed by atoms with van der Waals surface area (Å²) in [5, 5.41) is 72.2. The van der Waals surface area contributed by atoms with E-state index < -0.39 is 80.7 Å². The molecule has 7 N–H and O–H groups in total. The van der Waals surface area contributed by atoms with Crippen LogP contribution in [0.25, 0.3) is 0 Å². The van der Waals surface area contributed by atoms with Crippen molar-refractivity contribution < 1.29 is 69.0 Å². The van der Waals surface area contributed by atoms with Crippen LogP contribution in [0.3, 0.4) is 0 Å². The molecular weight excluding hydrogens is 897 g/mol. The quantitative estimate of drug-likeness (QED) is 0.0173. The molecule has 70 heavy (non-hydrogen) atoms. The van der Waals surface area contributed by atoms with Gasteiger partial charge in [0.1, 0.15) is 54.9 Å².